The smallest absolute Gasteiger partial charge is 0.254 e. The van der Waals surface area contributed by atoms with Crippen molar-refractivity contribution in [2.24, 2.45) is 0 Å². The number of carbonyl (C=O) groups excluding carboxylic acids is 1. The molecular formula is C19H26N4O4. The van der Waals surface area contributed by atoms with Crippen LogP contribution in [0.3, 0.4) is 0 Å². The van der Waals surface area contributed by atoms with Crippen LogP contribution < -0.4 is 14.2 Å². The first-order chi connectivity index (χ1) is 12.9. The van der Waals surface area contributed by atoms with Crippen molar-refractivity contribution in [3.63, 3.8) is 0 Å². The van der Waals surface area contributed by atoms with Crippen LogP contribution >= 0.6 is 0 Å². The molecule has 146 valence electrons. The molecule has 0 spiro atoms. The topological polar surface area (TPSA) is 78.7 Å². The van der Waals surface area contributed by atoms with Crippen LogP contribution in [0.1, 0.15) is 54.7 Å². The van der Waals surface area contributed by atoms with Crippen LogP contribution in [0.25, 0.3) is 0 Å². The van der Waals surface area contributed by atoms with Gasteiger partial charge in [0.25, 0.3) is 5.91 Å². The van der Waals surface area contributed by atoms with E-state index < -0.39 is 0 Å². The molecule has 0 radical (unpaired) electrons. The van der Waals surface area contributed by atoms with Gasteiger partial charge in [-0.1, -0.05) is 13.8 Å². The molecule has 1 amide bonds. The first-order valence-corrected chi connectivity index (χ1v) is 8.94. The Kier molecular flexibility index (Phi) is 5.25. The summed E-state index contributed by atoms with van der Waals surface area (Å²) in [6.45, 7) is 7.27. The van der Waals surface area contributed by atoms with E-state index in [2.05, 4.69) is 35.5 Å². The Morgan fingerprint density at radius 3 is 2.26 bits per heavy atom. The van der Waals surface area contributed by atoms with Crippen molar-refractivity contribution in [3.05, 3.63) is 29.3 Å². The Bertz CT molecular complexity index is 821. The Hall–Kier alpha value is -2.77. The van der Waals surface area contributed by atoms with Gasteiger partial charge in [0.2, 0.25) is 5.75 Å². The van der Waals surface area contributed by atoms with Gasteiger partial charge in [0.1, 0.15) is 5.82 Å². The lowest BCUT2D eigenvalue weighted by atomic mass is 10.1. The molecule has 8 nitrogen and oxygen atoms in total. The van der Waals surface area contributed by atoms with Crippen LogP contribution in [-0.2, 0) is 6.54 Å². The maximum absolute atomic E-state index is 13.1. The number of benzene rings is 1. The van der Waals surface area contributed by atoms with Crippen LogP contribution in [0.15, 0.2) is 12.1 Å². The number of carbonyl (C=O) groups is 1. The van der Waals surface area contributed by atoms with E-state index in [0.29, 0.717) is 35.9 Å². The van der Waals surface area contributed by atoms with Crippen molar-refractivity contribution in [3.8, 4) is 17.2 Å². The van der Waals surface area contributed by atoms with E-state index in [-0.39, 0.29) is 17.9 Å². The van der Waals surface area contributed by atoms with Gasteiger partial charge in [-0.3, -0.25) is 4.79 Å². The summed E-state index contributed by atoms with van der Waals surface area (Å²) in [6, 6.07) is 3.45. The Morgan fingerprint density at radius 2 is 1.74 bits per heavy atom. The summed E-state index contributed by atoms with van der Waals surface area (Å²) in [6.07, 6.45) is 0. The average Bonchev–Trinajstić information content (AvgIpc) is 3.11. The molecule has 0 bridgehead atoms. The first kappa shape index (κ1) is 19.0. The number of nitrogens with zero attached hydrogens (tertiary/aromatic N) is 4. The summed E-state index contributed by atoms with van der Waals surface area (Å²) in [5.41, 5.74) is 0.480. The highest BCUT2D eigenvalue weighted by molar-refractivity contribution is 5.95. The second kappa shape index (κ2) is 7.46. The fraction of sp³-hybridized carbons (Fsp3) is 0.526. The minimum absolute atomic E-state index is 0.104. The van der Waals surface area contributed by atoms with Gasteiger partial charge >= 0.3 is 0 Å². The van der Waals surface area contributed by atoms with E-state index in [0.717, 1.165) is 11.6 Å². The number of amides is 1. The molecule has 0 aliphatic carbocycles. The third kappa shape index (κ3) is 3.31. The van der Waals surface area contributed by atoms with E-state index in [1.54, 1.807) is 17.0 Å². The number of methoxy groups -OCH3 is 3. The first-order valence-electron chi connectivity index (χ1n) is 8.94. The largest absolute Gasteiger partial charge is 0.493 e. The number of fused-ring (bicyclic) bond motifs is 1. The highest BCUT2D eigenvalue weighted by Crippen LogP contribution is 2.39. The summed E-state index contributed by atoms with van der Waals surface area (Å²) in [5, 5.41) is 8.61. The van der Waals surface area contributed by atoms with Crippen LogP contribution in [0.4, 0.5) is 0 Å². The van der Waals surface area contributed by atoms with Crippen LogP contribution in [-0.4, -0.2) is 53.4 Å². The molecule has 3 rings (SSSR count). The normalized spacial score (nSPS) is 16.3. The fourth-order valence-corrected chi connectivity index (χ4v) is 3.50. The summed E-state index contributed by atoms with van der Waals surface area (Å²) in [4.78, 5) is 14.9. The number of aromatic nitrogens is 3. The lowest BCUT2D eigenvalue weighted by Gasteiger charge is -2.33. The van der Waals surface area contributed by atoms with Gasteiger partial charge in [-0.2, -0.15) is 0 Å². The van der Waals surface area contributed by atoms with Crippen LogP contribution in [0.5, 0.6) is 17.2 Å². The second-order valence-electron chi connectivity index (χ2n) is 6.95. The zero-order valence-corrected chi connectivity index (χ0v) is 16.6. The lowest BCUT2D eigenvalue weighted by molar-refractivity contribution is 0.0678. The molecule has 0 unspecified atom stereocenters. The number of rotatable bonds is 5. The molecular weight excluding hydrogens is 348 g/mol. The predicted molar refractivity (Wildman–Crippen MR) is 99.7 cm³/mol. The second-order valence-corrected chi connectivity index (χ2v) is 6.95. The molecule has 1 aliphatic rings. The van der Waals surface area contributed by atoms with E-state index in [1.165, 1.54) is 21.3 Å². The maximum Gasteiger partial charge on any atom is 0.254 e. The zero-order chi connectivity index (χ0) is 19.7. The van der Waals surface area contributed by atoms with Crippen molar-refractivity contribution in [1.29, 1.82) is 0 Å². The molecule has 8 heteroatoms. The van der Waals surface area contributed by atoms with E-state index in [1.807, 2.05) is 0 Å². The molecule has 1 aromatic carbocycles. The Morgan fingerprint density at radius 1 is 1.11 bits per heavy atom. The minimum atomic E-state index is -0.110. The van der Waals surface area contributed by atoms with Gasteiger partial charge in [-0.05, 0) is 19.1 Å². The molecule has 1 aliphatic heterocycles. The summed E-state index contributed by atoms with van der Waals surface area (Å²) in [5.74, 6) is 3.30. The van der Waals surface area contributed by atoms with Crippen molar-refractivity contribution in [2.45, 2.75) is 39.3 Å². The molecule has 2 aromatic rings. The monoisotopic (exact) mass is 374 g/mol. The third-order valence-corrected chi connectivity index (χ3v) is 4.77. The van der Waals surface area contributed by atoms with Gasteiger partial charge in [0, 0.05) is 18.0 Å². The Labute approximate surface area is 159 Å². The minimum Gasteiger partial charge on any atom is -0.493 e. The number of ether oxygens (including phenoxy) is 3. The van der Waals surface area contributed by atoms with Gasteiger partial charge in [-0.25, -0.2) is 0 Å². The molecule has 0 N–H and O–H groups in total. The molecule has 2 heterocycles. The fourth-order valence-electron chi connectivity index (χ4n) is 3.50. The van der Waals surface area contributed by atoms with Gasteiger partial charge in [0.05, 0.1) is 33.9 Å². The molecule has 1 aromatic heterocycles. The van der Waals surface area contributed by atoms with Crippen LogP contribution in [0.2, 0.25) is 0 Å². The quantitative estimate of drug-likeness (QED) is 0.801. The molecule has 1 atom stereocenters. The van der Waals surface area contributed by atoms with E-state index in [4.69, 9.17) is 14.2 Å². The molecule has 27 heavy (non-hydrogen) atoms. The lowest BCUT2D eigenvalue weighted by Crippen LogP contribution is -2.40. The van der Waals surface area contributed by atoms with Crippen molar-refractivity contribution in [1.82, 2.24) is 19.7 Å². The highest BCUT2D eigenvalue weighted by Gasteiger charge is 2.31. The molecule has 0 saturated heterocycles. The van der Waals surface area contributed by atoms with Crippen molar-refractivity contribution >= 4 is 5.91 Å². The predicted octanol–water partition coefficient (Wildman–Crippen LogP) is 2.64. The van der Waals surface area contributed by atoms with Crippen molar-refractivity contribution < 1.29 is 19.0 Å². The van der Waals surface area contributed by atoms with Gasteiger partial charge in [-0.15, -0.1) is 10.2 Å². The summed E-state index contributed by atoms with van der Waals surface area (Å²) in [7, 11) is 4.60. The number of hydrogen-bond donors (Lipinski definition) is 0. The van der Waals surface area contributed by atoms with E-state index in [9.17, 15) is 4.79 Å². The standard InChI is InChI=1S/C19H26N4O4/c1-11(2)18-21-20-16-10-22(9-12(3)23(16)18)19(24)13-7-14(25-4)17(27-6)15(8-13)26-5/h7-8,11-12H,9-10H2,1-6H3/t12-/m0/s1. The third-order valence-electron chi connectivity index (χ3n) is 4.77. The SMILES string of the molecule is COc1cc(C(=O)N2Cc3nnc(C(C)C)n3[C@@H](C)C2)cc(OC)c1OC. The van der Waals surface area contributed by atoms with Crippen LogP contribution in [0, 0.1) is 0 Å². The maximum atomic E-state index is 13.1. The average molecular weight is 374 g/mol. The van der Waals surface area contributed by atoms with Gasteiger partial charge in [0.15, 0.2) is 17.3 Å². The Balaban J connectivity index is 1.93. The number of hydrogen-bond acceptors (Lipinski definition) is 6. The molecule has 0 fully saturated rings. The summed E-state index contributed by atoms with van der Waals surface area (Å²) < 4.78 is 18.2. The van der Waals surface area contributed by atoms with Crippen molar-refractivity contribution in [2.75, 3.05) is 27.9 Å². The zero-order valence-electron chi connectivity index (χ0n) is 16.6. The van der Waals surface area contributed by atoms with Gasteiger partial charge < -0.3 is 23.7 Å². The molecule has 0 saturated carbocycles. The summed E-state index contributed by atoms with van der Waals surface area (Å²) >= 11 is 0. The van der Waals surface area contributed by atoms with E-state index >= 15 is 0 Å². The highest BCUT2D eigenvalue weighted by atomic mass is 16.5.